The van der Waals surface area contributed by atoms with Gasteiger partial charge in [-0.2, -0.15) is 11.8 Å². The van der Waals surface area contributed by atoms with Crippen molar-refractivity contribution in [2.45, 2.75) is 39.2 Å². The van der Waals surface area contributed by atoms with Crippen LogP contribution in [0.5, 0.6) is 0 Å². The molecule has 0 aromatic heterocycles. The lowest BCUT2D eigenvalue weighted by Crippen LogP contribution is -2.30. The summed E-state index contributed by atoms with van der Waals surface area (Å²) in [5.41, 5.74) is 0. The Labute approximate surface area is 105 Å². The maximum Gasteiger partial charge on any atom is 0.355 e. The van der Waals surface area contributed by atoms with Crippen LogP contribution in [0.2, 0.25) is 0 Å². The third kappa shape index (κ3) is 7.79. The quantitative estimate of drug-likeness (QED) is 0.512. The van der Waals surface area contributed by atoms with Crippen LogP contribution in [-0.4, -0.2) is 36.0 Å². The zero-order chi connectivity index (χ0) is 13.3. The summed E-state index contributed by atoms with van der Waals surface area (Å²) < 4.78 is 9.40. The predicted molar refractivity (Wildman–Crippen MR) is 64.6 cm³/mol. The number of carbonyl (C=O) groups excluding carboxylic acids is 3. The SMILES string of the molecule is CCCC(=O)OC(=O)C(CCSC)OC(C)=O. The van der Waals surface area contributed by atoms with Crippen molar-refractivity contribution in [2.24, 2.45) is 0 Å². The van der Waals surface area contributed by atoms with Crippen molar-refractivity contribution >= 4 is 29.7 Å². The minimum atomic E-state index is -0.985. The number of esters is 3. The predicted octanol–water partition coefficient (Wildman–Crippen LogP) is 1.54. The molecule has 6 heteroatoms. The van der Waals surface area contributed by atoms with E-state index in [1.165, 1.54) is 18.7 Å². The van der Waals surface area contributed by atoms with Crippen molar-refractivity contribution in [2.75, 3.05) is 12.0 Å². The summed E-state index contributed by atoms with van der Waals surface area (Å²) in [4.78, 5) is 33.5. The topological polar surface area (TPSA) is 69.7 Å². The van der Waals surface area contributed by atoms with Gasteiger partial charge >= 0.3 is 17.9 Å². The van der Waals surface area contributed by atoms with Crippen LogP contribution >= 0.6 is 11.8 Å². The van der Waals surface area contributed by atoms with Crippen LogP contribution in [0.25, 0.3) is 0 Å². The molecule has 0 aliphatic rings. The summed E-state index contributed by atoms with van der Waals surface area (Å²) in [5, 5.41) is 0. The number of rotatable bonds is 7. The third-order valence-electron chi connectivity index (χ3n) is 1.82. The van der Waals surface area contributed by atoms with E-state index in [9.17, 15) is 14.4 Å². The molecule has 0 saturated heterocycles. The summed E-state index contributed by atoms with van der Waals surface area (Å²) >= 11 is 1.52. The standard InChI is InChI=1S/C11H18O5S/c1-4-5-10(13)16-11(14)9(6-7-17-3)15-8(2)12/h9H,4-7H2,1-3H3. The molecule has 98 valence electrons. The lowest BCUT2D eigenvalue weighted by Gasteiger charge is -2.14. The maximum atomic E-state index is 11.5. The van der Waals surface area contributed by atoms with E-state index in [2.05, 4.69) is 4.74 Å². The van der Waals surface area contributed by atoms with Crippen molar-refractivity contribution in [3.05, 3.63) is 0 Å². The number of ether oxygens (including phenoxy) is 2. The molecular formula is C11H18O5S. The van der Waals surface area contributed by atoms with Crippen LogP contribution in [0.4, 0.5) is 0 Å². The molecule has 17 heavy (non-hydrogen) atoms. The largest absolute Gasteiger partial charge is 0.450 e. The Bertz CT molecular complexity index is 277. The lowest BCUT2D eigenvalue weighted by molar-refractivity contribution is -0.173. The van der Waals surface area contributed by atoms with E-state index in [-0.39, 0.29) is 6.42 Å². The van der Waals surface area contributed by atoms with Gasteiger partial charge in [-0.25, -0.2) is 4.79 Å². The van der Waals surface area contributed by atoms with Gasteiger partial charge in [-0.15, -0.1) is 0 Å². The Hall–Kier alpha value is -1.04. The molecule has 0 N–H and O–H groups in total. The second kappa shape index (κ2) is 9.04. The van der Waals surface area contributed by atoms with E-state index >= 15 is 0 Å². The maximum absolute atomic E-state index is 11.5. The Balaban J connectivity index is 4.30. The van der Waals surface area contributed by atoms with Crippen molar-refractivity contribution in [3.8, 4) is 0 Å². The first-order chi connectivity index (χ1) is 8.01. The highest BCUT2D eigenvalue weighted by Gasteiger charge is 2.24. The molecule has 0 saturated carbocycles. The zero-order valence-corrected chi connectivity index (χ0v) is 11.2. The average molecular weight is 262 g/mol. The Morgan fingerprint density at radius 2 is 1.94 bits per heavy atom. The molecule has 0 aromatic carbocycles. The highest BCUT2D eigenvalue weighted by molar-refractivity contribution is 7.98. The van der Waals surface area contributed by atoms with Crippen LogP contribution in [-0.2, 0) is 23.9 Å². The monoisotopic (exact) mass is 262 g/mol. The second-order valence-corrected chi connectivity index (χ2v) is 4.41. The Kier molecular flexibility index (Phi) is 8.49. The molecule has 0 bridgehead atoms. The Morgan fingerprint density at radius 3 is 2.41 bits per heavy atom. The first-order valence-electron chi connectivity index (χ1n) is 5.41. The van der Waals surface area contributed by atoms with E-state index in [0.29, 0.717) is 18.6 Å². The van der Waals surface area contributed by atoms with E-state index in [1.807, 2.05) is 13.2 Å². The van der Waals surface area contributed by atoms with Gasteiger partial charge in [-0.1, -0.05) is 6.92 Å². The summed E-state index contributed by atoms with van der Waals surface area (Å²) in [5.74, 6) is -1.28. The van der Waals surface area contributed by atoms with E-state index in [4.69, 9.17) is 4.74 Å². The van der Waals surface area contributed by atoms with Crippen molar-refractivity contribution in [1.29, 1.82) is 0 Å². The van der Waals surface area contributed by atoms with Gasteiger partial charge in [0.15, 0.2) is 6.10 Å². The lowest BCUT2D eigenvalue weighted by atomic mass is 10.3. The number of carbonyl (C=O) groups is 3. The van der Waals surface area contributed by atoms with Gasteiger partial charge in [0.05, 0.1) is 0 Å². The second-order valence-electron chi connectivity index (χ2n) is 3.42. The van der Waals surface area contributed by atoms with Crippen LogP contribution in [0.3, 0.4) is 0 Å². The number of hydrogen-bond donors (Lipinski definition) is 0. The van der Waals surface area contributed by atoms with Gasteiger partial charge in [-0.3, -0.25) is 9.59 Å². The number of thioether (sulfide) groups is 1. The van der Waals surface area contributed by atoms with Gasteiger partial charge in [0.25, 0.3) is 0 Å². The van der Waals surface area contributed by atoms with Gasteiger partial charge in [0.2, 0.25) is 0 Å². The number of hydrogen-bond acceptors (Lipinski definition) is 6. The third-order valence-corrected chi connectivity index (χ3v) is 2.47. The summed E-state index contributed by atoms with van der Waals surface area (Å²) in [6.07, 6.45) is 2.02. The molecule has 0 fully saturated rings. The molecule has 0 spiro atoms. The summed E-state index contributed by atoms with van der Waals surface area (Å²) in [7, 11) is 0. The van der Waals surface area contributed by atoms with Crippen molar-refractivity contribution < 1.29 is 23.9 Å². The molecule has 0 aliphatic heterocycles. The highest BCUT2D eigenvalue weighted by atomic mass is 32.2. The van der Waals surface area contributed by atoms with Crippen LogP contribution in [0.15, 0.2) is 0 Å². The van der Waals surface area contributed by atoms with Gasteiger partial charge in [0, 0.05) is 19.8 Å². The molecule has 0 amide bonds. The molecule has 1 atom stereocenters. The molecule has 0 aliphatic carbocycles. The average Bonchev–Trinajstić information content (AvgIpc) is 2.23. The molecule has 0 heterocycles. The molecule has 1 unspecified atom stereocenters. The Morgan fingerprint density at radius 1 is 1.29 bits per heavy atom. The van der Waals surface area contributed by atoms with E-state index in [0.717, 1.165) is 0 Å². The fourth-order valence-corrected chi connectivity index (χ4v) is 1.53. The highest BCUT2D eigenvalue weighted by Crippen LogP contribution is 2.08. The molecule has 0 rings (SSSR count). The molecule has 5 nitrogen and oxygen atoms in total. The first-order valence-corrected chi connectivity index (χ1v) is 6.81. The van der Waals surface area contributed by atoms with E-state index < -0.39 is 24.0 Å². The van der Waals surface area contributed by atoms with Gasteiger partial charge in [0.1, 0.15) is 0 Å². The minimum Gasteiger partial charge on any atom is -0.450 e. The van der Waals surface area contributed by atoms with E-state index in [1.54, 1.807) is 0 Å². The molecule has 0 aromatic rings. The smallest absolute Gasteiger partial charge is 0.355 e. The zero-order valence-electron chi connectivity index (χ0n) is 10.4. The van der Waals surface area contributed by atoms with Crippen LogP contribution in [0, 0.1) is 0 Å². The minimum absolute atomic E-state index is 0.182. The first kappa shape index (κ1) is 16.0. The van der Waals surface area contributed by atoms with Gasteiger partial charge < -0.3 is 9.47 Å². The molecular weight excluding hydrogens is 244 g/mol. The molecule has 0 radical (unpaired) electrons. The van der Waals surface area contributed by atoms with Crippen molar-refractivity contribution in [1.82, 2.24) is 0 Å². The van der Waals surface area contributed by atoms with Crippen LogP contribution in [0.1, 0.15) is 33.1 Å². The van der Waals surface area contributed by atoms with Gasteiger partial charge in [-0.05, 0) is 18.4 Å². The normalized spacial score (nSPS) is 11.7. The van der Waals surface area contributed by atoms with Crippen LogP contribution < -0.4 is 0 Å². The summed E-state index contributed by atoms with van der Waals surface area (Å²) in [6, 6.07) is 0. The summed E-state index contributed by atoms with van der Waals surface area (Å²) in [6.45, 7) is 3.02. The van der Waals surface area contributed by atoms with Crippen molar-refractivity contribution in [3.63, 3.8) is 0 Å². The fourth-order valence-electron chi connectivity index (χ4n) is 1.08. The fraction of sp³-hybridized carbons (Fsp3) is 0.727.